The molecular formula is C17H12FNO4. The number of aromatic amines is 1. The van der Waals surface area contributed by atoms with E-state index in [2.05, 4.69) is 4.98 Å². The van der Waals surface area contributed by atoms with Gasteiger partial charge in [0.15, 0.2) is 0 Å². The quantitative estimate of drug-likeness (QED) is 0.779. The summed E-state index contributed by atoms with van der Waals surface area (Å²) in [7, 11) is 1.44. The Balaban J connectivity index is 2.48. The zero-order valence-electron chi connectivity index (χ0n) is 12.1. The minimum absolute atomic E-state index is 0.0815. The molecule has 0 amide bonds. The largest absolute Gasteiger partial charge is 0.496 e. The second-order valence-electron chi connectivity index (χ2n) is 4.87. The summed E-state index contributed by atoms with van der Waals surface area (Å²) >= 11 is 0. The fourth-order valence-electron chi connectivity index (χ4n) is 2.55. The molecule has 0 fully saturated rings. The highest BCUT2D eigenvalue weighted by Gasteiger charge is 2.22. The fourth-order valence-corrected chi connectivity index (χ4v) is 2.55. The highest BCUT2D eigenvalue weighted by atomic mass is 19.1. The molecule has 2 aromatic carbocycles. The van der Waals surface area contributed by atoms with E-state index in [-0.39, 0.29) is 16.6 Å². The number of pyridine rings is 1. The summed E-state index contributed by atoms with van der Waals surface area (Å²) in [5, 5.41) is 9.16. The lowest BCUT2D eigenvalue weighted by atomic mass is 10.0. The van der Waals surface area contributed by atoms with Gasteiger partial charge in [-0.2, -0.15) is 0 Å². The van der Waals surface area contributed by atoms with Gasteiger partial charge in [-0.1, -0.05) is 18.2 Å². The Labute approximate surface area is 130 Å². The first kappa shape index (κ1) is 14.8. The molecule has 5 nitrogen and oxygen atoms in total. The zero-order chi connectivity index (χ0) is 16.6. The van der Waals surface area contributed by atoms with E-state index >= 15 is 0 Å². The molecule has 1 heterocycles. The van der Waals surface area contributed by atoms with Gasteiger partial charge in [0.2, 0.25) is 5.43 Å². The smallest absolute Gasteiger partial charge is 0.341 e. The van der Waals surface area contributed by atoms with Crippen LogP contribution in [0.1, 0.15) is 10.4 Å². The third-order valence-corrected chi connectivity index (χ3v) is 3.57. The molecule has 116 valence electrons. The van der Waals surface area contributed by atoms with Gasteiger partial charge in [0.25, 0.3) is 0 Å². The number of fused-ring (bicyclic) bond motifs is 1. The number of carboxylic acid groups (broad SMARTS) is 1. The lowest BCUT2D eigenvalue weighted by molar-refractivity contribution is 0.0696. The number of hydrogen-bond acceptors (Lipinski definition) is 3. The Morgan fingerprint density at radius 1 is 1.17 bits per heavy atom. The summed E-state index contributed by atoms with van der Waals surface area (Å²) < 4.78 is 19.2. The monoisotopic (exact) mass is 313 g/mol. The van der Waals surface area contributed by atoms with E-state index in [4.69, 9.17) is 4.74 Å². The molecule has 3 rings (SSSR count). The molecule has 0 spiro atoms. The summed E-state index contributed by atoms with van der Waals surface area (Å²) in [5.74, 6) is -1.79. The van der Waals surface area contributed by atoms with Crippen LogP contribution in [-0.4, -0.2) is 23.2 Å². The SMILES string of the molecule is COc1ccccc1-c1[nH]c2cccc(F)c2c(=O)c1C(=O)O. The third kappa shape index (κ3) is 2.34. The molecule has 0 aliphatic heterocycles. The Bertz CT molecular complexity index is 978. The van der Waals surface area contributed by atoms with Gasteiger partial charge in [0.05, 0.1) is 23.7 Å². The summed E-state index contributed by atoms with van der Waals surface area (Å²) in [4.78, 5) is 26.9. The van der Waals surface area contributed by atoms with Crippen LogP contribution in [0.5, 0.6) is 5.75 Å². The molecule has 0 unspecified atom stereocenters. The molecular weight excluding hydrogens is 301 g/mol. The van der Waals surface area contributed by atoms with Crippen LogP contribution < -0.4 is 10.2 Å². The van der Waals surface area contributed by atoms with Crippen LogP contribution in [0.2, 0.25) is 0 Å². The van der Waals surface area contributed by atoms with Crippen molar-refractivity contribution in [3.05, 3.63) is 64.1 Å². The Kier molecular flexibility index (Phi) is 3.57. The van der Waals surface area contributed by atoms with Gasteiger partial charge < -0.3 is 14.8 Å². The molecule has 0 atom stereocenters. The Morgan fingerprint density at radius 3 is 2.61 bits per heavy atom. The minimum Gasteiger partial charge on any atom is -0.496 e. The molecule has 0 radical (unpaired) electrons. The van der Waals surface area contributed by atoms with Crippen molar-refractivity contribution in [3.8, 4) is 17.0 Å². The number of aromatic carboxylic acids is 1. The molecule has 0 aliphatic carbocycles. The lowest BCUT2D eigenvalue weighted by Crippen LogP contribution is -2.19. The molecule has 2 N–H and O–H groups in total. The van der Waals surface area contributed by atoms with Crippen molar-refractivity contribution in [1.29, 1.82) is 0 Å². The average molecular weight is 313 g/mol. The number of halogens is 1. The van der Waals surface area contributed by atoms with Crippen molar-refractivity contribution in [2.45, 2.75) is 0 Å². The van der Waals surface area contributed by atoms with Gasteiger partial charge in [0, 0.05) is 5.56 Å². The number of para-hydroxylation sites is 1. The van der Waals surface area contributed by atoms with Crippen molar-refractivity contribution in [3.63, 3.8) is 0 Å². The highest BCUT2D eigenvalue weighted by Crippen LogP contribution is 2.31. The maximum Gasteiger partial charge on any atom is 0.341 e. The van der Waals surface area contributed by atoms with E-state index in [0.29, 0.717) is 11.3 Å². The Hall–Kier alpha value is -3.15. The highest BCUT2D eigenvalue weighted by molar-refractivity contribution is 6.00. The van der Waals surface area contributed by atoms with E-state index in [1.165, 1.54) is 19.2 Å². The summed E-state index contributed by atoms with van der Waals surface area (Å²) in [6.07, 6.45) is 0. The van der Waals surface area contributed by atoms with Gasteiger partial charge in [-0.25, -0.2) is 9.18 Å². The van der Waals surface area contributed by atoms with Crippen molar-refractivity contribution in [1.82, 2.24) is 4.98 Å². The van der Waals surface area contributed by atoms with Crippen LogP contribution in [-0.2, 0) is 0 Å². The minimum atomic E-state index is -1.43. The molecule has 0 bridgehead atoms. The number of hydrogen-bond donors (Lipinski definition) is 2. The second-order valence-corrected chi connectivity index (χ2v) is 4.87. The van der Waals surface area contributed by atoms with Gasteiger partial charge in [0.1, 0.15) is 17.1 Å². The molecule has 1 aromatic heterocycles. The maximum atomic E-state index is 13.9. The molecule has 0 saturated heterocycles. The molecule has 3 aromatic rings. The first-order valence-corrected chi connectivity index (χ1v) is 6.75. The topological polar surface area (TPSA) is 79.4 Å². The Morgan fingerprint density at radius 2 is 1.91 bits per heavy atom. The predicted octanol–water partition coefficient (Wildman–Crippen LogP) is 3.04. The zero-order valence-corrected chi connectivity index (χ0v) is 12.1. The number of carbonyl (C=O) groups is 1. The number of nitrogens with one attached hydrogen (secondary N) is 1. The first-order valence-electron chi connectivity index (χ1n) is 6.75. The van der Waals surface area contributed by atoms with E-state index in [1.807, 2.05) is 0 Å². The van der Waals surface area contributed by atoms with Crippen LogP contribution in [0, 0.1) is 5.82 Å². The van der Waals surface area contributed by atoms with E-state index in [9.17, 15) is 19.1 Å². The van der Waals surface area contributed by atoms with Gasteiger partial charge in [-0.15, -0.1) is 0 Å². The maximum absolute atomic E-state index is 13.9. The van der Waals surface area contributed by atoms with E-state index in [1.54, 1.807) is 24.3 Å². The van der Waals surface area contributed by atoms with Crippen molar-refractivity contribution in [2.75, 3.05) is 7.11 Å². The molecule has 0 aliphatic rings. The molecule has 23 heavy (non-hydrogen) atoms. The summed E-state index contributed by atoms with van der Waals surface area (Å²) in [5.41, 5.74) is -0.674. The number of aromatic nitrogens is 1. The van der Waals surface area contributed by atoms with E-state index in [0.717, 1.165) is 6.07 Å². The normalized spacial score (nSPS) is 10.7. The molecule has 0 saturated carbocycles. The number of methoxy groups -OCH3 is 1. The van der Waals surface area contributed by atoms with Crippen LogP contribution >= 0.6 is 0 Å². The lowest BCUT2D eigenvalue weighted by Gasteiger charge is -2.12. The van der Waals surface area contributed by atoms with Crippen LogP contribution in [0.25, 0.3) is 22.2 Å². The van der Waals surface area contributed by atoms with Crippen molar-refractivity contribution >= 4 is 16.9 Å². The van der Waals surface area contributed by atoms with Crippen LogP contribution in [0.3, 0.4) is 0 Å². The number of ether oxygens (including phenoxy) is 1. The average Bonchev–Trinajstić information content (AvgIpc) is 2.54. The predicted molar refractivity (Wildman–Crippen MR) is 83.5 cm³/mol. The third-order valence-electron chi connectivity index (χ3n) is 3.57. The van der Waals surface area contributed by atoms with Crippen molar-refractivity contribution < 1.29 is 19.0 Å². The van der Waals surface area contributed by atoms with Gasteiger partial charge in [-0.05, 0) is 24.3 Å². The number of H-pyrrole nitrogens is 1. The first-order chi connectivity index (χ1) is 11.0. The standard InChI is InChI=1S/C17H12FNO4/c1-23-12-8-3-2-5-9(12)15-14(17(21)22)16(20)13-10(18)6-4-7-11(13)19-15/h2-8H,1H3,(H,19,20)(H,21,22). The van der Waals surface area contributed by atoms with Gasteiger partial charge in [-0.3, -0.25) is 4.79 Å². The van der Waals surface area contributed by atoms with Crippen molar-refractivity contribution in [2.24, 2.45) is 0 Å². The summed E-state index contributed by atoms with van der Waals surface area (Å²) in [6.45, 7) is 0. The van der Waals surface area contributed by atoms with Gasteiger partial charge >= 0.3 is 5.97 Å². The second kappa shape index (κ2) is 5.57. The van der Waals surface area contributed by atoms with E-state index < -0.39 is 22.8 Å². The van der Waals surface area contributed by atoms with Crippen LogP contribution in [0.4, 0.5) is 4.39 Å². The number of carboxylic acids is 1. The fraction of sp³-hybridized carbons (Fsp3) is 0.0588. The van der Waals surface area contributed by atoms with Crippen LogP contribution in [0.15, 0.2) is 47.3 Å². The number of benzene rings is 2. The number of rotatable bonds is 3. The molecule has 6 heteroatoms. The summed E-state index contributed by atoms with van der Waals surface area (Å²) in [6, 6.07) is 10.8.